The highest BCUT2D eigenvalue weighted by atomic mass is 16.5. The van der Waals surface area contributed by atoms with E-state index in [0.717, 1.165) is 12.0 Å². The zero-order valence-corrected chi connectivity index (χ0v) is 16.5. The standard InChI is InChI=1S/C22H27NO5/c1-4-15-5-7-16(8-6-15)9-12-21(24)23-18(14-22(25)26)17-10-11-19(27-2)20(13-17)28-3/h5-8,10-11,13,18H,4,9,12,14H2,1-3H3,(H,23,24)(H,25,26). The first-order valence-corrected chi connectivity index (χ1v) is 9.27. The van der Waals surface area contributed by atoms with Crippen molar-refractivity contribution < 1.29 is 24.2 Å². The molecule has 2 aromatic rings. The lowest BCUT2D eigenvalue weighted by Crippen LogP contribution is -2.30. The average molecular weight is 385 g/mol. The molecule has 2 N–H and O–H groups in total. The molecule has 0 saturated heterocycles. The van der Waals surface area contributed by atoms with E-state index in [0.29, 0.717) is 23.5 Å². The molecule has 0 heterocycles. The van der Waals surface area contributed by atoms with Crippen LogP contribution in [0.3, 0.4) is 0 Å². The Balaban J connectivity index is 2.06. The topological polar surface area (TPSA) is 84.9 Å². The average Bonchev–Trinajstić information content (AvgIpc) is 2.71. The highest BCUT2D eigenvalue weighted by Gasteiger charge is 2.20. The number of aryl methyl sites for hydroxylation is 2. The van der Waals surface area contributed by atoms with Crippen molar-refractivity contribution in [3.63, 3.8) is 0 Å². The predicted octanol–water partition coefficient (Wildman–Crippen LogP) is 3.53. The van der Waals surface area contributed by atoms with Crippen LogP contribution in [0.25, 0.3) is 0 Å². The maximum atomic E-state index is 12.4. The minimum atomic E-state index is -0.991. The molecule has 0 fully saturated rings. The third-order valence-corrected chi connectivity index (χ3v) is 4.60. The molecule has 1 unspecified atom stereocenters. The molecule has 2 aromatic carbocycles. The van der Waals surface area contributed by atoms with Gasteiger partial charge in [0.25, 0.3) is 0 Å². The Morgan fingerprint density at radius 2 is 1.64 bits per heavy atom. The van der Waals surface area contributed by atoms with Gasteiger partial charge in [0.15, 0.2) is 11.5 Å². The zero-order chi connectivity index (χ0) is 20.5. The maximum Gasteiger partial charge on any atom is 0.305 e. The van der Waals surface area contributed by atoms with Crippen molar-refractivity contribution in [2.24, 2.45) is 0 Å². The summed E-state index contributed by atoms with van der Waals surface area (Å²) in [6.45, 7) is 2.10. The maximum absolute atomic E-state index is 12.4. The fourth-order valence-electron chi connectivity index (χ4n) is 2.96. The Morgan fingerprint density at radius 3 is 2.21 bits per heavy atom. The second kappa shape index (κ2) is 10.3. The van der Waals surface area contributed by atoms with Crippen molar-refractivity contribution in [3.8, 4) is 11.5 Å². The molecule has 0 bridgehead atoms. The molecule has 1 amide bonds. The van der Waals surface area contributed by atoms with Gasteiger partial charge in [0.1, 0.15) is 0 Å². The van der Waals surface area contributed by atoms with Crippen molar-refractivity contribution in [1.29, 1.82) is 0 Å². The van der Waals surface area contributed by atoms with Gasteiger partial charge in [0, 0.05) is 6.42 Å². The van der Waals surface area contributed by atoms with Gasteiger partial charge in [-0.3, -0.25) is 9.59 Å². The van der Waals surface area contributed by atoms with Crippen LogP contribution in [0.4, 0.5) is 0 Å². The van der Waals surface area contributed by atoms with Gasteiger partial charge < -0.3 is 19.9 Å². The van der Waals surface area contributed by atoms with E-state index in [2.05, 4.69) is 24.4 Å². The second-order valence-electron chi connectivity index (χ2n) is 6.50. The van der Waals surface area contributed by atoms with Crippen LogP contribution in [0, 0.1) is 0 Å². The summed E-state index contributed by atoms with van der Waals surface area (Å²) in [5, 5.41) is 12.1. The summed E-state index contributed by atoms with van der Waals surface area (Å²) in [6, 6.07) is 12.6. The fraction of sp³-hybridized carbons (Fsp3) is 0.364. The molecule has 2 rings (SSSR count). The molecule has 6 nitrogen and oxygen atoms in total. The SMILES string of the molecule is CCc1ccc(CCC(=O)NC(CC(=O)O)c2ccc(OC)c(OC)c2)cc1. The van der Waals surface area contributed by atoms with Gasteiger partial charge in [-0.2, -0.15) is 0 Å². The summed E-state index contributed by atoms with van der Waals surface area (Å²) in [7, 11) is 3.04. The van der Waals surface area contributed by atoms with Crippen molar-refractivity contribution in [2.75, 3.05) is 14.2 Å². The molecule has 0 aliphatic carbocycles. The lowest BCUT2D eigenvalue weighted by atomic mass is 10.0. The molecule has 6 heteroatoms. The molecule has 0 aliphatic heterocycles. The third kappa shape index (κ3) is 6.01. The van der Waals surface area contributed by atoms with Crippen LogP contribution in [0.2, 0.25) is 0 Å². The fourth-order valence-corrected chi connectivity index (χ4v) is 2.96. The number of ether oxygens (including phenoxy) is 2. The number of carboxylic acids is 1. The second-order valence-corrected chi connectivity index (χ2v) is 6.50. The van der Waals surface area contributed by atoms with Crippen LogP contribution in [-0.4, -0.2) is 31.2 Å². The molecule has 0 aliphatic rings. The summed E-state index contributed by atoms with van der Waals surface area (Å²) in [5.41, 5.74) is 2.98. The highest BCUT2D eigenvalue weighted by molar-refractivity contribution is 5.78. The molecule has 0 aromatic heterocycles. The van der Waals surface area contributed by atoms with E-state index in [-0.39, 0.29) is 18.7 Å². The van der Waals surface area contributed by atoms with E-state index >= 15 is 0 Å². The van der Waals surface area contributed by atoms with Gasteiger partial charge in [-0.15, -0.1) is 0 Å². The molecular weight excluding hydrogens is 358 g/mol. The first kappa shape index (κ1) is 21.3. The van der Waals surface area contributed by atoms with Crippen LogP contribution < -0.4 is 14.8 Å². The predicted molar refractivity (Wildman–Crippen MR) is 107 cm³/mol. The van der Waals surface area contributed by atoms with E-state index in [1.165, 1.54) is 19.8 Å². The highest BCUT2D eigenvalue weighted by Crippen LogP contribution is 2.31. The van der Waals surface area contributed by atoms with E-state index in [9.17, 15) is 14.7 Å². The van der Waals surface area contributed by atoms with Gasteiger partial charge in [0.2, 0.25) is 5.91 Å². The number of nitrogens with one attached hydrogen (secondary N) is 1. The number of hydrogen-bond donors (Lipinski definition) is 2. The Hall–Kier alpha value is -3.02. The zero-order valence-electron chi connectivity index (χ0n) is 16.5. The van der Waals surface area contributed by atoms with Crippen molar-refractivity contribution in [2.45, 2.75) is 38.6 Å². The van der Waals surface area contributed by atoms with Crippen LogP contribution in [0.1, 0.15) is 42.5 Å². The molecule has 0 radical (unpaired) electrons. The van der Waals surface area contributed by atoms with Crippen molar-refractivity contribution in [1.82, 2.24) is 5.32 Å². The lowest BCUT2D eigenvalue weighted by Gasteiger charge is -2.19. The summed E-state index contributed by atoms with van der Waals surface area (Å²) in [6.07, 6.45) is 1.64. The van der Waals surface area contributed by atoms with Gasteiger partial charge >= 0.3 is 5.97 Å². The van der Waals surface area contributed by atoms with Crippen LogP contribution >= 0.6 is 0 Å². The summed E-state index contributed by atoms with van der Waals surface area (Å²) in [4.78, 5) is 23.7. The minimum absolute atomic E-state index is 0.194. The number of methoxy groups -OCH3 is 2. The van der Waals surface area contributed by atoms with Gasteiger partial charge in [-0.05, 0) is 41.7 Å². The van der Waals surface area contributed by atoms with Gasteiger partial charge in [0.05, 0.1) is 26.7 Å². The van der Waals surface area contributed by atoms with Gasteiger partial charge in [-0.25, -0.2) is 0 Å². The lowest BCUT2D eigenvalue weighted by molar-refractivity contribution is -0.137. The van der Waals surface area contributed by atoms with Crippen LogP contribution in [0.5, 0.6) is 11.5 Å². The number of carboxylic acid groups (broad SMARTS) is 1. The molecule has 0 saturated carbocycles. The molecule has 0 spiro atoms. The molecule has 28 heavy (non-hydrogen) atoms. The number of rotatable bonds is 10. The molecule has 150 valence electrons. The third-order valence-electron chi connectivity index (χ3n) is 4.60. The number of amides is 1. The monoisotopic (exact) mass is 385 g/mol. The largest absolute Gasteiger partial charge is 0.493 e. The molecular formula is C22H27NO5. The normalized spacial score (nSPS) is 11.5. The Kier molecular flexibility index (Phi) is 7.87. The number of carbonyl (C=O) groups is 2. The molecule has 1 atom stereocenters. The number of carbonyl (C=O) groups excluding carboxylic acids is 1. The number of aliphatic carboxylic acids is 1. The van der Waals surface area contributed by atoms with Crippen LogP contribution in [0.15, 0.2) is 42.5 Å². The Bertz CT molecular complexity index is 801. The van der Waals surface area contributed by atoms with E-state index in [4.69, 9.17) is 9.47 Å². The summed E-state index contributed by atoms with van der Waals surface area (Å²) >= 11 is 0. The Labute approximate surface area is 165 Å². The van der Waals surface area contributed by atoms with Crippen LogP contribution in [-0.2, 0) is 22.4 Å². The van der Waals surface area contributed by atoms with E-state index < -0.39 is 12.0 Å². The quantitative estimate of drug-likeness (QED) is 0.654. The van der Waals surface area contributed by atoms with Gasteiger partial charge in [-0.1, -0.05) is 37.3 Å². The first-order chi connectivity index (χ1) is 13.5. The van der Waals surface area contributed by atoms with E-state index in [1.54, 1.807) is 18.2 Å². The minimum Gasteiger partial charge on any atom is -0.493 e. The Morgan fingerprint density at radius 1 is 1.00 bits per heavy atom. The summed E-state index contributed by atoms with van der Waals surface area (Å²) in [5.74, 6) is -0.154. The smallest absolute Gasteiger partial charge is 0.305 e. The van der Waals surface area contributed by atoms with Crippen molar-refractivity contribution in [3.05, 3.63) is 59.2 Å². The first-order valence-electron chi connectivity index (χ1n) is 9.27. The van der Waals surface area contributed by atoms with E-state index in [1.807, 2.05) is 12.1 Å². The number of hydrogen-bond acceptors (Lipinski definition) is 4. The van der Waals surface area contributed by atoms with Crippen molar-refractivity contribution >= 4 is 11.9 Å². The number of benzene rings is 2. The summed E-state index contributed by atoms with van der Waals surface area (Å²) < 4.78 is 10.5.